The van der Waals surface area contributed by atoms with Gasteiger partial charge in [-0.2, -0.15) is 0 Å². The van der Waals surface area contributed by atoms with E-state index in [4.69, 9.17) is 0 Å². The first-order valence-corrected chi connectivity index (χ1v) is 24.9. The Morgan fingerprint density at radius 1 is 0.297 bits per heavy atom. The zero-order chi connectivity index (χ0) is 49.4. The zero-order valence-electron chi connectivity index (χ0n) is 40.3. The predicted molar refractivity (Wildman–Crippen MR) is 309 cm³/mol. The molecule has 74 heavy (non-hydrogen) atoms. The van der Waals surface area contributed by atoms with E-state index in [0.717, 1.165) is 101 Å². The zero-order valence-corrected chi connectivity index (χ0v) is 40.3. The molecular weight excluding hydrogens is 901 g/mol. The summed E-state index contributed by atoms with van der Waals surface area (Å²) in [5.74, 6) is 7.27. The molecule has 0 amide bonds. The van der Waals surface area contributed by atoms with Crippen molar-refractivity contribution in [2.24, 2.45) is 0 Å². The highest BCUT2D eigenvalue weighted by Gasteiger charge is 2.21. The lowest BCUT2D eigenvalue weighted by Crippen LogP contribution is -2.10. The minimum Gasteiger partial charge on any atom is -0.310 e. The van der Waals surface area contributed by atoms with Gasteiger partial charge in [-0.05, 0) is 151 Å². The van der Waals surface area contributed by atoms with Gasteiger partial charge in [-0.15, -0.1) is 0 Å². The fourth-order valence-corrected chi connectivity index (χ4v) is 10.6. The van der Waals surface area contributed by atoms with Crippen molar-refractivity contribution in [3.05, 3.63) is 300 Å². The summed E-state index contributed by atoms with van der Waals surface area (Å²) in [6.45, 7) is 0. The maximum absolute atomic E-state index is 14.3. The van der Waals surface area contributed by atoms with E-state index >= 15 is 0 Å². The molecule has 2 heterocycles. The van der Waals surface area contributed by atoms with Gasteiger partial charge in [0.05, 0.1) is 27.8 Å². The van der Waals surface area contributed by atoms with Crippen LogP contribution in [0, 0.1) is 11.8 Å². The van der Waals surface area contributed by atoms with Crippen molar-refractivity contribution in [1.29, 1.82) is 0 Å². The molecule has 0 saturated heterocycles. The molecule has 11 aromatic carbocycles. The number of aromatic nitrogens is 2. The van der Waals surface area contributed by atoms with Gasteiger partial charge < -0.3 is 18.9 Å². The largest absolute Gasteiger partial charge is 0.310 e. The minimum atomic E-state index is 0.00761. The van der Waals surface area contributed by atoms with Gasteiger partial charge in [0.2, 0.25) is 0 Å². The molecule has 5 heteroatoms. The van der Waals surface area contributed by atoms with Crippen molar-refractivity contribution in [1.82, 2.24) is 9.13 Å². The monoisotopic (exact) mass is 946 g/mol. The van der Waals surface area contributed by atoms with E-state index in [-0.39, 0.29) is 5.43 Å². The Labute approximate surface area is 429 Å². The smallest absolute Gasteiger partial charge is 0.197 e. The fourth-order valence-electron chi connectivity index (χ4n) is 10.6. The molecule has 2 aromatic heterocycles. The molecule has 0 N–H and O–H groups in total. The minimum absolute atomic E-state index is 0.00761. The van der Waals surface area contributed by atoms with Crippen molar-refractivity contribution in [3.63, 3.8) is 0 Å². The van der Waals surface area contributed by atoms with Gasteiger partial charge in [0.25, 0.3) is 0 Å². The van der Waals surface area contributed by atoms with Crippen molar-refractivity contribution in [2.45, 2.75) is 0 Å². The maximum Gasteiger partial charge on any atom is 0.197 e. The van der Waals surface area contributed by atoms with E-state index in [1.165, 1.54) is 0 Å². The van der Waals surface area contributed by atoms with Crippen LogP contribution in [-0.4, -0.2) is 9.13 Å². The van der Waals surface area contributed by atoms with Gasteiger partial charge in [0.1, 0.15) is 0 Å². The van der Waals surface area contributed by atoms with E-state index in [1.807, 2.05) is 60.7 Å². The molecule has 348 valence electrons. The van der Waals surface area contributed by atoms with Crippen LogP contribution in [0.1, 0.15) is 11.1 Å². The van der Waals surface area contributed by atoms with Crippen LogP contribution >= 0.6 is 0 Å². The lowest BCUT2D eigenvalue weighted by atomic mass is 9.97. The molecular formula is C69H46N4O. The average Bonchev–Trinajstić information content (AvgIpc) is 3.80. The maximum atomic E-state index is 14.3. The summed E-state index contributed by atoms with van der Waals surface area (Å²) in [6.07, 6.45) is 0. The first-order valence-electron chi connectivity index (χ1n) is 24.9. The van der Waals surface area contributed by atoms with Crippen molar-refractivity contribution in [2.75, 3.05) is 9.80 Å². The Bertz CT molecular complexity index is 4110. The van der Waals surface area contributed by atoms with Gasteiger partial charge in [-0.25, -0.2) is 0 Å². The number of rotatable bonds is 9. The van der Waals surface area contributed by atoms with E-state index in [9.17, 15) is 4.79 Å². The second-order valence-corrected chi connectivity index (χ2v) is 18.3. The molecule has 13 aromatic rings. The quantitative estimate of drug-likeness (QED) is 0.107. The summed E-state index contributed by atoms with van der Waals surface area (Å²) in [6, 6.07) is 96.8. The number of anilines is 6. The number of hydrogen-bond donors (Lipinski definition) is 0. The molecule has 0 aliphatic heterocycles. The standard InChI is InChI=1S/C69H46N4O/c74-69-60-35-19-21-37-65(60)72(56-32-14-5-15-33-56)68-43-40-51(46-63(68)69)59-34-18-16-22-49(59)38-39-50-23-17-20-36-64(50)73-66-44-41-57(70(52-24-6-1-7-25-52)53-26-8-2-9-27-53)47-61(66)62-48-58(42-45-67(62)73)71(54-28-10-3-11-29-54)55-30-12-4-13-31-55/h1-37,40-48H. The second kappa shape index (κ2) is 18.9. The fraction of sp³-hybridized carbons (Fsp3) is 0. The normalized spacial score (nSPS) is 11.2. The van der Waals surface area contributed by atoms with E-state index in [0.29, 0.717) is 10.8 Å². The van der Waals surface area contributed by atoms with Crippen LogP contribution in [0.4, 0.5) is 34.1 Å². The summed E-state index contributed by atoms with van der Waals surface area (Å²) in [5.41, 5.74) is 15.9. The van der Waals surface area contributed by atoms with E-state index in [2.05, 4.69) is 249 Å². The second-order valence-electron chi connectivity index (χ2n) is 18.3. The van der Waals surface area contributed by atoms with Gasteiger partial charge in [-0.3, -0.25) is 4.79 Å². The van der Waals surface area contributed by atoms with Crippen LogP contribution < -0.4 is 15.2 Å². The number of hydrogen-bond acceptors (Lipinski definition) is 3. The lowest BCUT2D eigenvalue weighted by Gasteiger charge is -2.26. The molecule has 0 fully saturated rings. The number of benzene rings is 11. The van der Waals surface area contributed by atoms with Crippen LogP contribution in [0.15, 0.2) is 284 Å². The molecule has 0 bridgehead atoms. The van der Waals surface area contributed by atoms with Crippen molar-refractivity contribution >= 4 is 77.7 Å². The first-order chi connectivity index (χ1) is 36.7. The van der Waals surface area contributed by atoms with Gasteiger partial charge in [-0.1, -0.05) is 151 Å². The van der Waals surface area contributed by atoms with Gasteiger partial charge in [0, 0.05) is 72.5 Å². The van der Waals surface area contributed by atoms with Crippen LogP contribution in [0.2, 0.25) is 0 Å². The topological polar surface area (TPSA) is 33.4 Å². The van der Waals surface area contributed by atoms with E-state index in [1.54, 1.807) is 0 Å². The van der Waals surface area contributed by atoms with Crippen LogP contribution in [0.3, 0.4) is 0 Å². The third kappa shape index (κ3) is 7.85. The number of fused-ring (bicyclic) bond motifs is 5. The Morgan fingerprint density at radius 2 is 0.716 bits per heavy atom. The molecule has 5 nitrogen and oxygen atoms in total. The number of pyridine rings is 1. The predicted octanol–water partition coefficient (Wildman–Crippen LogP) is 17.2. The average molecular weight is 947 g/mol. The highest BCUT2D eigenvalue weighted by atomic mass is 16.1. The number of para-hydroxylation sites is 7. The molecule has 0 aliphatic carbocycles. The summed E-state index contributed by atoms with van der Waals surface area (Å²) in [5, 5.41) is 3.56. The molecule has 0 radical (unpaired) electrons. The summed E-state index contributed by atoms with van der Waals surface area (Å²) in [4.78, 5) is 18.9. The van der Waals surface area contributed by atoms with Crippen molar-refractivity contribution < 1.29 is 0 Å². The van der Waals surface area contributed by atoms with Crippen molar-refractivity contribution in [3.8, 4) is 34.3 Å². The van der Waals surface area contributed by atoms with Crippen LogP contribution in [0.25, 0.3) is 66.1 Å². The molecule has 0 saturated carbocycles. The molecule has 0 aliphatic rings. The highest BCUT2D eigenvalue weighted by Crippen LogP contribution is 2.43. The third-order valence-electron chi connectivity index (χ3n) is 13.9. The summed E-state index contributed by atoms with van der Waals surface area (Å²) < 4.78 is 4.55. The molecule has 0 unspecified atom stereocenters. The Balaban J connectivity index is 0.978. The van der Waals surface area contributed by atoms with E-state index < -0.39 is 0 Å². The first kappa shape index (κ1) is 43.8. The van der Waals surface area contributed by atoms with Gasteiger partial charge >= 0.3 is 0 Å². The molecule has 0 atom stereocenters. The molecule has 13 rings (SSSR count). The Hall–Kier alpha value is -10.2. The highest BCUT2D eigenvalue weighted by molar-refractivity contribution is 6.12. The number of nitrogens with zero attached hydrogens (tertiary/aromatic N) is 4. The van der Waals surface area contributed by atoms with Crippen LogP contribution in [-0.2, 0) is 0 Å². The van der Waals surface area contributed by atoms with Gasteiger partial charge in [0.15, 0.2) is 5.43 Å². The summed E-state index contributed by atoms with van der Waals surface area (Å²) in [7, 11) is 0. The summed E-state index contributed by atoms with van der Waals surface area (Å²) >= 11 is 0. The Morgan fingerprint density at radius 3 is 1.28 bits per heavy atom. The lowest BCUT2D eigenvalue weighted by molar-refractivity contribution is 1.16. The third-order valence-corrected chi connectivity index (χ3v) is 13.9. The Kier molecular flexibility index (Phi) is 11.2. The van der Waals surface area contributed by atoms with Crippen LogP contribution in [0.5, 0.6) is 0 Å². The molecule has 0 spiro atoms. The SMILES string of the molecule is O=c1c2ccccc2n(-c2ccccc2)c2ccc(-c3ccccc3C#Cc3ccccc3-n3c4ccc(N(c5ccccc5)c5ccccc5)cc4c4cc(N(c5ccccc5)c5ccccc5)ccc43)cc12.